The Hall–Kier alpha value is -2.56. The number of carbonyl (C=O) groups is 1. The number of nitrogens with one attached hydrogen (secondary N) is 1. The van der Waals surface area contributed by atoms with E-state index in [1.807, 2.05) is 13.0 Å². The third-order valence-corrected chi connectivity index (χ3v) is 2.60. The molecule has 19 heavy (non-hydrogen) atoms. The summed E-state index contributed by atoms with van der Waals surface area (Å²) in [5.41, 5.74) is 1.50. The highest BCUT2D eigenvalue weighted by Crippen LogP contribution is 2.26. The van der Waals surface area contributed by atoms with Crippen LogP contribution < -0.4 is 10.1 Å². The van der Waals surface area contributed by atoms with Crippen molar-refractivity contribution in [2.75, 3.05) is 12.4 Å². The Morgan fingerprint density at radius 2 is 2.16 bits per heavy atom. The van der Waals surface area contributed by atoms with Crippen LogP contribution in [0.4, 0.5) is 5.69 Å². The van der Waals surface area contributed by atoms with E-state index in [-0.39, 0.29) is 11.4 Å². The zero-order chi connectivity index (χ0) is 13.8. The van der Waals surface area contributed by atoms with E-state index in [1.54, 1.807) is 18.2 Å². The Kier molecular flexibility index (Phi) is 3.66. The van der Waals surface area contributed by atoms with E-state index < -0.39 is 5.91 Å². The van der Waals surface area contributed by atoms with E-state index >= 15 is 0 Å². The van der Waals surface area contributed by atoms with Gasteiger partial charge in [0.25, 0.3) is 5.91 Å². The van der Waals surface area contributed by atoms with Gasteiger partial charge in [-0.25, -0.2) is 4.98 Å². The Balaban J connectivity index is 2.29. The third-order valence-electron chi connectivity index (χ3n) is 2.60. The molecule has 2 N–H and O–H groups in total. The van der Waals surface area contributed by atoms with Crippen molar-refractivity contribution in [2.45, 2.75) is 6.92 Å². The average molecular weight is 258 g/mol. The van der Waals surface area contributed by atoms with Crippen molar-refractivity contribution in [2.24, 2.45) is 0 Å². The lowest BCUT2D eigenvalue weighted by atomic mass is 10.2. The highest BCUT2D eigenvalue weighted by atomic mass is 16.5. The van der Waals surface area contributed by atoms with Crippen molar-refractivity contribution in [1.29, 1.82) is 0 Å². The Morgan fingerprint density at radius 1 is 1.37 bits per heavy atom. The largest absolute Gasteiger partial charge is 0.505 e. The molecular formula is C14H14N2O3. The molecule has 0 atom stereocenters. The summed E-state index contributed by atoms with van der Waals surface area (Å²) in [6.07, 6.45) is 1.45. The number of benzene rings is 1. The number of aryl methyl sites for hydroxylation is 1. The van der Waals surface area contributed by atoms with E-state index in [0.717, 1.165) is 5.56 Å². The molecule has 1 aromatic heterocycles. The SMILES string of the molecule is COc1ccc(C)cc1NC(=O)c1ncccc1O. The van der Waals surface area contributed by atoms with Gasteiger partial charge in [-0.2, -0.15) is 0 Å². The van der Waals surface area contributed by atoms with Crippen LogP contribution in [0.25, 0.3) is 0 Å². The number of carbonyl (C=O) groups excluding carboxylic acids is 1. The molecule has 0 saturated carbocycles. The molecule has 0 radical (unpaired) electrons. The molecule has 1 heterocycles. The zero-order valence-corrected chi connectivity index (χ0v) is 10.7. The lowest BCUT2D eigenvalue weighted by Gasteiger charge is -2.11. The average Bonchev–Trinajstić information content (AvgIpc) is 2.39. The number of rotatable bonds is 3. The summed E-state index contributed by atoms with van der Waals surface area (Å²) < 4.78 is 5.17. The zero-order valence-electron chi connectivity index (χ0n) is 10.7. The molecule has 0 bridgehead atoms. The lowest BCUT2D eigenvalue weighted by Crippen LogP contribution is -2.14. The predicted octanol–water partition coefficient (Wildman–Crippen LogP) is 2.36. The van der Waals surface area contributed by atoms with Crippen LogP contribution in [0.5, 0.6) is 11.5 Å². The fourth-order valence-corrected chi connectivity index (χ4v) is 1.67. The van der Waals surface area contributed by atoms with Gasteiger partial charge in [0.05, 0.1) is 12.8 Å². The molecule has 0 aliphatic carbocycles. The number of hydrogen-bond acceptors (Lipinski definition) is 4. The van der Waals surface area contributed by atoms with Crippen LogP contribution in [0.15, 0.2) is 36.5 Å². The molecule has 2 rings (SSSR count). The number of aromatic hydroxyl groups is 1. The number of aromatic nitrogens is 1. The van der Waals surface area contributed by atoms with Crippen molar-refractivity contribution in [1.82, 2.24) is 4.98 Å². The van der Waals surface area contributed by atoms with Gasteiger partial charge in [0.1, 0.15) is 11.5 Å². The molecule has 2 aromatic rings. The summed E-state index contributed by atoms with van der Waals surface area (Å²) in [4.78, 5) is 15.9. The fraction of sp³-hybridized carbons (Fsp3) is 0.143. The number of anilines is 1. The predicted molar refractivity (Wildman–Crippen MR) is 71.6 cm³/mol. The van der Waals surface area contributed by atoms with Gasteiger partial charge in [-0.05, 0) is 36.8 Å². The standard InChI is InChI=1S/C14H14N2O3/c1-9-5-6-12(19-2)10(8-9)16-14(18)13-11(17)4-3-7-15-13/h3-8,17H,1-2H3,(H,16,18). The first kappa shape index (κ1) is 12.9. The normalized spacial score (nSPS) is 10.0. The molecule has 0 unspecified atom stereocenters. The molecule has 5 heteroatoms. The topological polar surface area (TPSA) is 71.5 Å². The van der Waals surface area contributed by atoms with E-state index in [2.05, 4.69) is 10.3 Å². The Morgan fingerprint density at radius 3 is 2.84 bits per heavy atom. The molecule has 0 fully saturated rings. The third kappa shape index (κ3) is 2.82. The smallest absolute Gasteiger partial charge is 0.278 e. The van der Waals surface area contributed by atoms with E-state index in [9.17, 15) is 9.90 Å². The van der Waals surface area contributed by atoms with Gasteiger partial charge in [-0.1, -0.05) is 6.07 Å². The summed E-state index contributed by atoms with van der Waals surface area (Å²) in [7, 11) is 1.53. The first-order chi connectivity index (χ1) is 9.11. The number of methoxy groups -OCH3 is 1. The minimum absolute atomic E-state index is 0.0222. The molecular weight excluding hydrogens is 244 g/mol. The Bertz CT molecular complexity index is 611. The summed E-state index contributed by atoms with van der Waals surface area (Å²) in [6.45, 7) is 1.91. The number of hydrogen-bond donors (Lipinski definition) is 2. The van der Waals surface area contributed by atoms with Gasteiger partial charge in [0.15, 0.2) is 5.69 Å². The number of pyridine rings is 1. The highest BCUT2D eigenvalue weighted by molar-refractivity contribution is 6.05. The van der Waals surface area contributed by atoms with Crippen LogP contribution in [-0.4, -0.2) is 23.1 Å². The summed E-state index contributed by atoms with van der Waals surface area (Å²) in [5, 5.41) is 12.3. The Labute approximate surface area is 110 Å². The van der Waals surface area contributed by atoms with Crippen molar-refractivity contribution in [3.05, 3.63) is 47.8 Å². The van der Waals surface area contributed by atoms with Crippen LogP contribution in [0.1, 0.15) is 16.1 Å². The fourth-order valence-electron chi connectivity index (χ4n) is 1.67. The van der Waals surface area contributed by atoms with E-state index in [4.69, 9.17) is 4.74 Å². The van der Waals surface area contributed by atoms with Gasteiger partial charge in [0, 0.05) is 6.20 Å². The minimum atomic E-state index is -0.484. The molecule has 1 aromatic carbocycles. The molecule has 1 amide bonds. The van der Waals surface area contributed by atoms with Gasteiger partial charge in [-0.3, -0.25) is 4.79 Å². The monoisotopic (exact) mass is 258 g/mol. The summed E-state index contributed by atoms with van der Waals surface area (Å²) in [5.74, 6) is -0.0945. The molecule has 0 spiro atoms. The van der Waals surface area contributed by atoms with Crippen LogP contribution >= 0.6 is 0 Å². The maximum atomic E-state index is 12.0. The van der Waals surface area contributed by atoms with Crippen LogP contribution in [-0.2, 0) is 0 Å². The summed E-state index contributed by atoms with van der Waals surface area (Å²) >= 11 is 0. The van der Waals surface area contributed by atoms with Crippen LogP contribution in [0.2, 0.25) is 0 Å². The van der Waals surface area contributed by atoms with E-state index in [1.165, 1.54) is 19.4 Å². The molecule has 98 valence electrons. The van der Waals surface area contributed by atoms with Gasteiger partial charge in [0.2, 0.25) is 0 Å². The lowest BCUT2D eigenvalue weighted by molar-refractivity contribution is 0.101. The highest BCUT2D eigenvalue weighted by Gasteiger charge is 2.14. The molecule has 0 aliphatic heterocycles. The summed E-state index contributed by atoms with van der Waals surface area (Å²) in [6, 6.07) is 8.40. The maximum Gasteiger partial charge on any atom is 0.278 e. The number of nitrogens with zero attached hydrogens (tertiary/aromatic N) is 1. The first-order valence-electron chi connectivity index (χ1n) is 5.72. The van der Waals surface area contributed by atoms with Gasteiger partial charge < -0.3 is 15.2 Å². The van der Waals surface area contributed by atoms with Crippen molar-refractivity contribution >= 4 is 11.6 Å². The van der Waals surface area contributed by atoms with Crippen molar-refractivity contribution < 1.29 is 14.6 Å². The minimum Gasteiger partial charge on any atom is -0.505 e. The van der Waals surface area contributed by atoms with Crippen LogP contribution in [0, 0.1) is 6.92 Å². The molecule has 0 saturated heterocycles. The second-order valence-electron chi connectivity index (χ2n) is 4.03. The molecule has 0 aliphatic rings. The quantitative estimate of drug-likeness (QED) is 0.886. The van der Waals surface area contributed by atoms with E-state index in [0.29, 0.717) is 11.4 Å². The van der Waals surface area contributed by atoms with Gasteiger partial charge in [-0.15, -0.1) is 0 Å². The second-order valence-corrected chi connectivity index (χ2v) is 4.03. The molecule has 5 nitrogen and oxygen atoms in total. The maximum absolute atomic E-state index is 12.0. The number of ether oxygens (including phenoxy) is 1. The first-order valence-corrected chi connectivity index (χ1v) is 5.72. The number of amides is 1. The van der Waals surface area contributed by atoms with Crippen molar-refractivity contribution in [3.8, 4) is 11.5 Å². The van der Waals surface area contributed by atoms with Crippen molar-refractivity contribution in [3.63, 3.8) is 0 Å². The second kappa shape index (κ2) is 5.39. The van der Waals surface area contributed by atoms with Gasteiger partial charge >= 0.3 is 0 Å². The van der Waals surface area contributed by atoms with Crippen LogP contribution in [0.3, 0.4) is 0 Å².